The predicted octanol–water partition coefficient (Wildman–Crippen LogP) is 3.27. The van der Waals surface area contributed by atoms with Gasteiger partial charge in [0, 0.05) is 6.54 Å². The minimum atomic E-state index is -0.389. The van der Waals surface area contributed by atoms with Crippen LogP contribution in [-0.4, -0.2) is 15.5 Å². The number of carbonyl (C=O) groups excluding carboxylic acids is 1. The van der Waals surface area contributed by atoms with Crippen LogP contribution < -0.4 is 5.73 Å². The van der Waals surface area contributed by atoms with Gasteiger partial charge in [0.1, 0.15) is 0 Å². The molecule has 3 aromatic rings. The molecule has 5 heteroatoms. The van der Waals surface area contributed by atoms with Crippen LogP contribution in [0.5, 0.6) is 0 Å². The van der Waals surface area contributed by atoms with Crippen molar-refractivity contribution in [2.75, 3.05) is 0 Å². The monoisotopic (exact) mass is 285 g/mol. The summed E-state index contributed by atoms with van der Waals surface area (Å²) in [7, 11) is 0. The van der Waals surface area contributed by atoms with Gasteiger partial charge in [-0.2, -0.15) is 0 Å². The van der Waals surface area contributed by atoms with Gasteiger partial charge in [-0.3, -0.25) is 4.79 Å². The summed E-state index contributed by atoms with van der Waals surface area (Å²) in [6.45, 7) is 3.04. The summed E-state index contributed by atoms with van der Waals surface area (Å²) >= 11 is 1.39. The fourth-order valence-corrected chi connectivity index (χ4v) is 3.16. The standard InChI is InChI=1S/C15H15N3OS/c1-2-9-18-11-6-4-3-5-10(11)17-15(18)13-8-7-12(20-13)14(16)19/h3-8H,2,9H2,1H3,(H2,16,19). The highest BCUT2D eigenvalue weighted by Crippen LogP contribution is 2.30. The van der Waals surface area contributed by atoms with Gasteiger partial charge in [-0.25, -0.2) is 4.98 Å². The van der Waals surface area contributed by atoms with Gasteiger partial charge >= 0.3 is 0 Å². The first-order chi connectivity index (χ1) is 9.70. The Morgan fingerprint density at radius 2 is 2.10 bits per heavy atom. The molecule has 0 saturated carbocycles. The molecule has 0 bridgehead atoms. The summed E-state index contributed by atoms with van der Waals surface area (Å²) in [6.07, 6.45) is 1.03. The van der Waals surface area contributed by atoms with Crippen LogP contribution in [-0.2, 0) is 6.54 Å². The number of para-hydroxylation sites is 2. The Kier molecular flexibility index (Phi) is 3.28. The van der Waals surface area contributed by atoms with Gasteiger partial charge in [-0.1, -0.05) is 19.1 Å². The van der Waals surface area contributed by atoms with Crippen molar-refractivity contribution < 1.29 is 4.79 Å². The number of imidazole rings is 1. The minimum Gasteiger partial charge on any atom is -0.365 e. The molecule has 0 aliphatic heterocycles. The highest BCUT2D eigenvalue weighted by atomic mass is 32.1. The van der Waals surface area contributed by atoms with Crippen LogP contribution in [0, 0.1) is 0 Å². The SMILES string of the molecule is CCCn1c(-c2ccc(C(N)=O)s2)nc2ccccc21. The molecule has 1 aromatic carbocycles. The lowest BCUT2D eigenvalue weighted by Gasteiger charge is -2.05. The highest BCUT2D eigenvalue weighted by Gasteiger charge is 2.14. The summed E-state index contributed by atoms with van der Waals surface area (Å²) < 4.78 is 2.20. The molecule has 0 saturated heterocycles. The molecule has 20 heavy (non-hydrogen) atoms. The van der Waals surface area contributed by atoms with Gasteiger partial charge < -0.3 is 10.3 Å². The lowest BCUT2D eigenvalue weighted by molar-refractivity contribution is 0.100. The smallest absolute Gasteiger partial charge is 0.258 e. The van der Waals surface area contributed by atoms with Crippen molar-refractivity contribution in [1.82, 2.24) is 9.55 Å². The number of benzene rings is 1. The van der Waals surface area contributed by atoms with E-state index in [1.807, 2.05) is 24.3 Å². The molecule has 0 unspecified atom stereocenters. The van der Waals surface area contributed by atoms with Gasteiger partial charge in [0.15, 0.2) is 5.82 Å². The quantitative estimate of drug-likeness (QED) is 0.799. The fourth-order valence-electron chi connectivity index (χ4n) is 2.30. The predicted molar refractivity (Wildman–Crippen MR) is 81.9 cm³/mol. The molecule has 0 fully saturated rings. The third-order valence-electron chi connectivity index (χ3n) is 3.17. The number of hydrogen-bond acceptors (Lipinski definition) is 3. The summed E-state index contributed by atoms with van der Waals surface area (Å²) in [5.41, 5.74) is 7.42. The van der Waals surface area contributed by atoms with Crippen molar-refractivity contribution in [2.24, 2.45) is 5.73 Å². The molecule has 0 aliphatic carbocycles. The number of primary amides is 1. The molecule has 0 radical (unpaired) electrons. The van der Waals surface area contributed by atoms with Crippen molar-refractivity contribution >= 4 is 28.3 Å². The van der Waals surface area contributed by atoms with Crippen LogP contribution in [0.25, 0.3) is 21.7 Å². The van der Waals surface area contributed by atoms with Crippen LogP contribution in [0.3, 0.4) is 0 Å². The number of hydrogen-bond donors (Lipinski definition) is 1. The normalized spacial score (nSPS) is 11.1. The molecule has 0 aliphatic rings. The van der Waals surface area contributed by atoms with E-state index in [1.165, 1.54) is 11.3 Å². The lowest BCUT2D eigenvalue weighted by atomic mass is 10.3. The molecule has 3 rings (SSSR count). The Morgan fingerprint density at radius 1 is 1.30 bits per heavy atom. The van der Waals surface area contributed by atoms with Crippen LogP contribution in [0.4, 0.5) is 0 Å². The van der Waals surface area contributed by atoms with E-state index in [0.29, 0.717) is 4.88 Å². The number of nitrogens with two attached hydrogens (primary N) is 1. The van der Waals surface area contributed by atoms with Crippen molar-refractivity contribution in [3.63, 3.8) is 0 Å². The van der Waals surface area contributed by atoms with Gasteiger partial charge in [-0.15, -0.1) is 11.3 Å². The van der Waals surface area contributed by atoms with Crippen molar-refractivity contribution in [3.8, 4) is 10.7 Å². The molecule has 2 aromatic heterocycles. The molecule has 1 amide bonds. The Hall–Kier alpha value is -2.14. The van der Waals surface area contributed by atoms with Crippen LogP contribution in [0.2, 0.25) is 0 Å². The maximum atomic E-state index is 11.2. The van der Waals surface area contributed by atoms with E-state index >= 15 is 0 Å². The highest BCUT2D eigenvalue weighted by molar-refractivity contribution is 7.17. The second-order valence-corrected chi connectivity index (χ2v) is 5.69. The number of fused-ring (bicyclic) bond motifs is 1. The summed E-state index contributed by atoms with van der Waals surface area (Å²) in [6, 6.07) is 11.8. The average molecular weight is 285 g/mol. The van der Waals surface area contributed by atoms with Crippen LogP contribution >= 0.6 is 11.3 Å². The zero-order valence-electron chi connectivity index (χ0n) is 11.2. The Labute approximate surface area is 120 Å². The van der Waals surface area contributed by atoms with Crippen LogP contribution in [0.15, 0.2) is 36.4 Å². The number of nitrogens with zero attached hydrogens (tertiary/aromatic N) is 2. The van der Waals surface area contributed by atoms with Crippen molar-refractivity contribution in [1.29, 1.82) is 0 Å². The van der Waals surface area contributed by atoms with Gasteiger partial charge in [0.05, 0.1) is 20.8 Å². The van der Waals surface area contributed by atoms with Crippen LogP contribution in [0.1, 0.15) is 23.0 Å². The molecule has 102 valence electrons. The number of thiophene rings is 1. The number of rotatable bonds is 4. The molecule has 0 spiro atoms. The molecule has 0 atom stereocenters. The molecule has 2 N–H and O–H groups in total. The van der Waals surface area contributed by atoms with Gasteiger partial charge in [0.2, 0.25) is 0 Å². The molecule has 4 nitrogen and oxygen atoms in total. The Balaban J connectivity index is 2.18. The van der Waals surface area contributed by atoms with Crippen molar-refractivity contribution in [3.05, 3.63) is 41.3 Å². The van der Waals surface area contributed by atoms with E-state index in [2.05, 4.69) is 17.6 Å². The molecular formula is C15H15N3OS. The number of carbonyl (C=O) groups is 1. The number of aryl methyl sites for hydroxylation is 1. The lowest BCUT2D eigenvalue weighted by Crippen LogP contribution is -2.08. The van der Waals surface area contributed by atoms with Gasteiger partial charge in [0.25, 0.3) is 5.91 Å². The van der Waals surface area contributed by atoms with E-state index in [0.717, 1.165) is 34.7 Å². The van der Waals surface area contributed by atoms with E-state index in [4.69, 9.17) is 10.7 Å². The zero-order valence-corrected chi connectivity index (χ0v) is 12.0. The van der Waals surface area contributed by atoms with E-state index in [9.17, 15) is 4.79 Å². The Morgan fingerprint density at radius 3 is 2.80 bits per heavy atom. The largest absolute Gasteiger partial charge is 0.365 e. The second kappa shape index (κ2) is 5.09. The second-order valence-electron chi connectivity index (χ2n) is 4.60. The molecular weight excluding hydrogens is 270 g/mol. The first-order valence-electron chi connectivity index (χ1n) is 6.56. The average Bonchev–Trinajstić information content (AvgIpc) is 3.04. The van der Waals surface area contributed by atoms with E-state index < -0.39 is 0 Å². The topological polar surface area (TPSA) is 60.9 Å². The third kappa shape index (κ3) is 2.10. The van der Waals surface area contributed by atoms with Crippen molar-refractivity contribution in [2.45, 2.75) is 19.9 Å². The van der Waals surface area contributed by atoms with Gasteiger partial charge in [-0.05, 0) is 30.7 Å². The maximum absolute atomic E-state index is 11.2. The first-order valence-corrected chi connectivity index (χ1v) is 7.37. The fraction of sp³-hybridized carbons (Fsp3) is 0.200. The van der Waals surface area contributed by atoms with E-state index in [1.54, 1.807) is 6.07 Å². The minimum absolute atomic E-state index is 0.389. The Bertz CT molecular complexity index is 772. The van der Waals surface area contributed by atoms with E-state index in [-0.39, 0.29) is 5.91 Å². The number of aromatic nitrogens is 2. The first kappa shape index (κ1) is 12.9. The third-order valence-corrected chi connectivity index (χ3v) is 4.27. The summed E-state index contributed by atoms with van der Waals surface area (Å²) in [5.74, 6) is 0.518. The summed E-state index contributed by atoms with van der Waals surface area (Å²) in [4.78, 5) is 17.5. The molecule has 2 heterocycles. The maximum Gasteiger partial charge on any atom is 0.258 e. The number of amides is 1. The zero-order chi connectivity index (χ0) is 14.1. The summed E-state index contributed by atoms with van der Waals surface area (Å²) in [5, 5.41) is 0.